The van der Waals surface area contributed by atoms with Crippen molar-refractivity contribution in [2.45, 2.75) is 12.5 Å². The van der Waals surface area contributed by atoms with Gasteiger partial charge in [0.05, 0.1) is 18.7 Å². The Balaban J connectivity index is 2.07. The van der Waals surface area contributed by atoms with E-state index in [0.717, 1.165) is 6.54 Å². The minimum absolute atomic E-state index is 0.0117. The van der Waals surface area contributed by atoms with E-state index in [9.17, 15) is 19.8 Å². The van der Waals surface area contributed by atoms with Crippen LogP contribution in [0.1, 0.15) is 23.6 Å². The highest BCUT2D eigenvalue weighted by Gasteiger charge is 2.46. The second-order valence-corrected chi connectivity index (χ2v) is 8.20. The summed E-state index contributed by atoms with van der Waals surface area (Å²) in [5, 5.41) is 21.2. The highest BCUT2D eigenvalue weighted by atomic mass is 16.5. The van der Waals surface area contributed by atoms with Crippen LogP contribution in [0.3, 0.4) is 0 Å². The number of Topliss-reactive ketones (excluding diaryl/α,β-unsaturated/α-hetero) is 1. The molecule has 1 heterocycles. The summed E-state index contributed by atoms with van der Waals surface area (Å²) >= 11 is 0. The largest absolute Gasteiger partial charge is 0.507 e. The summed E-state index contributed by atoms with van der Waals surface area (Å²) in [6.45, 7) is 4.99. The average molecular weight is 467 g/mol. The number of benzene rings is 2. The van der Waals surface area contributed by atoms with Gasteiger partial charge in [-0.3, -0.25) is 9.59 Å². The fourth-order valence-electron chi connectivity index (χ4n) is 3.90. The molecule has 2 aromatic rings. The van der Waals surface area contributed by atoms with Crippen LogP contribution in [0.25, 0.3) is 5.76 Å². The number of phenols is 1. The number of ether oxygens (including phenoxy) is 2. The van der Waals surface area contributed by atoms with Crippen LogP contribution in [0, 0.1) is 0 Å². The molecule has 0 bridgehead atoms. The number of amides is 1. The molecule has 0 spiro atoms. The zero-order valence-electron chi connectivity index (χ0n) is 19.7. The first kappa shape index (κ1) is 24.9. The van der Waals surface area contributed by atoms with Gasteiger partial charge < -0.3 is 29.5 Å². The van der Waals surface area contributed by atoms with Crippen LogP contribution in [0.4, 0.5) is 0 Å². The number of carbonyl (C=O) groups excluding carboxylic acids is 2. The van der Waals surface area contributed by atoms with E-state index in [1.54, 1.807) is 42.5 Å². The molecule has 34 heavy (non-hydrogen) atoms. The van der Waals surface area contributed by atoms with Crippen molar-refractivity contribution in [2.24, 2.45) is 0 Å². The van der Waals surface area contributed by atoms with Crippen LogP contribution < -0.4 is 9.47 Å². The van der Waals surface area contributed by atoms with E-state index in [2.05, 4.69) is 6.58 Å². The Hall–Kier alpha value is -3.78. The zero-order chi connectivity index (χ0) is 24.8. The number of nitrogens with zero attached hydrogens (tertiary/aromatic N) is 2. The molecule has 1 unspecified atom stereocenters. The van der Waals surface area contributed by atoms with Gasteiger partial charge in [-0.05, 0) is 69.0 Å². The summed E-state index contributed by atoms with van der Waals surface area (Å²) in [6, 6.07) is 10.4. The second-order valence-electron chi connectivity index (χ2n) is 8.20. The average Bonchev–Trinajstić information content (AvgIpc) is 3.07. The summed E-state index contributed by atoms with van der Waals surface area (Å²) in [6.07, 6.45) is 2.26. The van der Waals surface area contributed by atoms with Crippen LogP contribution in [0.15, 0.2) is 60.7 Å². The maximum absolute atomic E-state index is 13.1. The van der Waals surface area contributed by atoms with Gasteiger partial charge in [0.1, 0.15) is 18.1 Å². The topological polar surface area (TPSA) is 99.5 Å². The van der Waals surface area contributed by atoms with Crippen molar-refractivity contribution in [3.8, 4) is 17.2 Å². The van der Waals surface area contributed by atoms with Crippen molar-refractivity contribution in [1.82, 2.24) is 9.80 Å². The monoisotopic (exact) mass is 466 g/mol. The predicted molar refractivity (Wildman–Crippen MR) is 129 cm³/mol. The van der Waals surface area contributed by atoms with E-state index in [1.807, 2.05) is 19.0 Å². The smallest absolute Gasteiger partial charge is 0.295 e. The number of hydrogen-bond donors (Lipinski definition) is 2. The number of methoxy groups -OCH3 is 1. The zero-order valence-corrected chi connectivity index (χ0v) is 19.7. The second kappa shape index (κ2) is 10.9. The quantitative estimate of drug-likeness (QED) is 0.240. The first-order valence-electron chi connectivity index (χ1n) is 10.9. The molecule has 8 heteroatoms. The molecule has 0 radical (unpaired) electrons. The van der Waals surface area contributed by atoms with Crippen molar-refractivity contribution in [2.75, 3.05) is 40.9 Å². The third-order valence-electron chi connectivity index (χ3n) is 5.56. The number of ketones is 1. The van der Waals surface area contributed by atoms with Crippen LogP contribution in [0.2, 0.25) is 0 Å². The lowest BCUT2D eigenvalue weighted by Gasteiger charge is -2.26. The highest BCUT2D eigenvalue weighted by molar-refractivity contribution is 6.46. The number of aliphatic hydroxyl groups excluding tert-OH is 1. The number of likely N-dealkylation sites (tertiary alicyclic amines) is 1. The molecular weight excluding hydrogens is 436 g/mol. The van der Waals surface area contributed by atoms with E-state index in [0.29, 0.717) is 36.4 Å². The molecular formula is C26H30N2O6. The third-order valence-corrected chi connectivity index (χ3v) is 5.56. The van der Waals surface area contributed by atoms with Crippen LogP contribution in [-0.2, 0) is 9.59 Å². The van der Waals surface area contributed by atoms with Gasteiger partial charge in [0.25, 0.3) is 11.7 Å². The minimum atomic E-state index is -0.826. The Labute approximate surface area is 199 Å². The fourth-order valence-corrected chi connectivity index (χ4v) is 3.90. The van der Waals surface area contributed by atoms with Crippen molar-refractivity contribution >= 4 is 17.4 Å². The molecule has 1 amide bonds. The van der Waals surface area contributed by atoms with E-state index >= 15 is 0 Å². The summed E-state index contributed by atoms with van der Waals surface area (Å²) < 4.78 is 10.7. The minimum Gasteiger partial charge on any atom is -0.507 e. The molecule has 3 rings (SSSR count). The molecule has 180 valence electrons. The summed E-state index contributed by atoms with van der Waals surface area (Å²) in [4.78, 5) is 29.6. The summed E-state index contributed by atoms with van der Waals surface area (Å²) in [5.41, 5.74) is 0.918. The lowest BCUT2D eigenvalue weighted by atomic mass is 9.95. The van der Waals surface area contributed by atoms with E-state index < -0.39 is 17.7 Å². The molecule has 0 aliphatic carbocycles. The Morgan fingerprint density at radius 3 is 2.50 bits per heavy atom. The van der Waals surface area contributed by atoms with Crippen molar-refractivity contribution in [1.29, 1.82) is 0 Å². The maximum Gasteiger partial charge on any atom is 0.295 e. The third kappa shape index (κ3) is 5.23. The van der Waals surface area contributed by atoms with Crippen molar-refractivity contribution < 1.29 is 29.3 Å². The molecule has 8 nitrogen and oxygen atoms in total. The van der Waals surface area contributed by atoms with Gasteiger partial charge in [-0.1, -0.05) is 18.7 Å². The standard InChI is InChI=1S/C26H30N2O6/c1-5-15-34-19-10-7-17(8-11-19)24(30)22-23(18-9-12-20(29)21(16-18)33-4)28(26(32)25(22)31)14-6-13-27(2)3/h5,7-12,16,23,29-30H,1,6,13-15H2,2-4H3. The van der Waals surface area contributed by atoms with Gasteiger partial charge in [0, 0.05) is 12.1 Å². The predicted octanol–water partition coefficient (Wildman–Crippen LogP) is 3.34. The number of carbonyl (C=O) groups is 2. The number of rotatable bonds is 10. The van der Waals surface area contributed by atoms with Gasteiger partial charge in [-0.2, -0.15) is 0 Å². The van der Waals surface area contributed by atoms with Crippen LogP contribution in [0.5, 0.6) is 17.2 Å². The molecule has 1 fully saturated rings. The summed E-state index contributed by atoms with van der Waals surface area (Å²) in [7, 11) is 5.28. The SMILES string of the molecule is C=CCOc1ccc(C(O)=C2C(=O)C(=O)N(CCCN(C)C)C2c2ccc(O)c(OC)c2)cc1. The maximum atomic E-state index is 13.1. The van der Waals surface area contributed by atoms with Gasteiger partial charge >= 0.3 is 0 Å². The van der Waals surface area contributed by atoms with Crippen LogP contribution in [-0.4, -0.2) is 72.6 Å². The molecule has 1 atom stereocenters. The first-order chi connectivity index (χ1) is 16.3. The molecule has 2 aromatic carbocycles. The first-order valence-corrected chi connectivity index (χ1v) is 10.9. The molecule has 1 saturated heterocycles. The fraction of sp³-hybridized carbons (Fsp3) is 0.308. The molecule has 1 aliphatic heterocycles. The van der Waals surface area contributed by atoms with Crippen molar-refractivity contribution in [3.63, 3.8) is 0 Å². The molecule has 2 N–H and O–H groups in total. The van der Waals surface area contributed by atoms with Crippen molar-refractivity contribution in [3.05, 3.63) is 71.8 Å². The number of aliphatic hydroxyl groups is 1. The summed E-state index contributed by atoms with van der Waals surface area (Å²) in [5.74, 6) is -0.984. The van der Waals surface area contributed by atoms with Crippen LogP contribution >= 0.6 is 0 Å². The highest BCUT2D eigenvalue weighted by Crippen LogP contribution is 2.41. The van der Waals surface area contributed by atoms with Gasteiger partial charge in [-0.15, -0.1) is 0 Å². The molecule has 1 aliphatic rings. The Bertz CT molecular complexity index is 1090. The molecule has 0 saturated carbocycles. The van der Waals surface area contributed by atoms with E-state index in [4.69, 9.17) is 9.47 Å². The number of aromatic hydroxyl groups is 1. The van der Waals surface area contributed by atoms with Gasteiger partial charge in [0.15, 0.2) is 11.5 Å². The lowest BCUT2D eigenvalue weighted by Crippen LogP contribution is -2.32. The Morgan fingerprint density at radius 1 is 1.18 bits per heavy atom. The van der Waals surface area contributed by atoms with E-state index in [1.165, 1.54) is 18.1 Å². The lowest BCUT2D eigenvalue weighted by molar-refractivity contribution is -0.139. The van der Waals surface area contributed by atoms with Gasteiger partial charge in [0.2, 0.25) is 0 Å². The van der Waals surface area contributed by atoms with Gasteiger partial charge in [-0.25, -0.2) is 0 Å². The Morgan fingerprint density at radius 2 is 1.88 bits per heavy atom. The Kier molecular flexibility index (Phi) is 7.96. The normalized spacial score (nSPS) is 17.3. The number of hydrogen-bond acceptors (Lipinski definition) is 7. The van der Waals surface area contributed by atoms with E-state index in [-0.39, 0.29) is 22.8 Å². The number of phenolic OH excluding ortho intramolecular Hbond substituents is 1. The molecule has 0 aromatic heterocycles.